The molecule has 0 bridgehead atoms. The van der Waals surface area contributed by atoms with E-state index in [1.165, 1.54) is 18.2 Å². The Bertz CT molecular complexity index is 728. The molecule has 1 N–H and O–H groups in total. The first kappa shape index (κ1) is 20.4. The summed E-state index contributed by atoms with van der Waals surface area (Å²) in [6.07, 6.45) is 3.34. The minimum Gasteiger partial charge on any atom is -0.353 e. The smallest absolute Gasteiger partial charge is 0.230 e. The van der Waals surface area contributed by atoms with Crippen molar-refractivity contribution in [2.24, 2.45) is 5.92 Å². The third-order valence-electron chi connectivity index (χ3n) is 4.19. The first-order valence-corrected chi connectivity index (χ1v) is 10.1. The van der Waals surface area contributed by atoms with Gasteiger partial charge in [0.1, 0.15) is 0 Å². The first-order chi connectivity index (χ1) is 12.4. The van der Waals surface area contributed by atoms with Crippen molar-refractivity contribution in [3.05, 3.63) is 29.3 Å². The Morgan fingerprint density at radius 2 is 2.00 bits per heavy atom. The quantitative estimate of drug-likeness (QED) is 0.677. The third kappa shape index (κ3) is 6.12. The molecule has 6 nitrogen and oxygen atoms in total. The van der Waals surface area contributed by atoms with E-state index in [0.29, 0.717) is 16.8 Å². The Hall–Kier alpha value is -1.89. The van der Waals surface area contributed by atoms with Gasteiger partial charge in [-0.2, -0.15) is 4.68 Å². The van der Waals surface area contributed by atoms with Crippen LogP contribution in [0.2, 0.25) is 0 Å². The number of nitrogens with one attached hydrogen (secondary N) is 1. The Balaban J connectivity index is 1.89. The van der Waals surface area contributed by atoms with Crippen molar-refractivity contribution in [2.45, 2.75) is 65.1 Å². The summed E-state index contributed by atoms with van der Waals surface area (Å²) in [6.45, 7) is 10.6. The molecule has 0 aliphatic carbocycles. The fourth-order valence-electron chi connectivity index (χ4n) is 2.72. The summed E-state index contributed by atoms with van der Waals surface area (Å²) in [5.41, 5.74) is 3.18. The molecule has 7 heteroatoms. The van der Waals surface area contributed by atoms with Crippen LogP contribution in [-0.4, -0.2) is 37.9 Å². The van der Waals surface area contributed by atoms with Crippen molar-refractivity contribution in [3.63, 3.8) is 0 Å². The van der Waals surface area contributed by atoms with Gasteiger partial charge in [-0.15, -0.1) is 5.10 Å². The van der Waals surface area contributed by atoms with Gasteiger partial charge < -0.3 is 5.32 Å². The highest BCUT2D eigenvalue weighted by Crippen LogP contribution is 2.21. The lowest BCUT2D eigenvalue weighted by atomic mass is 10.0. The van der Waals surface area contributed by atoms with Crippen LogP contribution in [-0.2, 0) is 4.79 Å². The Morgan fingerprint density at radius 1 is 1.23 bits per heavy atom. The van der Waals surface area contributed by atoms with Crippen LogP contribution in [0.1, 0.15) is 51.2 Å². The zero-order chi connectivity index (χ0) is 19.1. The number of thioether (sulfide) groups is 1. The molecule has 1 heterocycles. The average molecular weight is 376 g/mol. The first-order valence-electron chi connectivity index (χ1n) is 9.15. The molecule has 1 atom stereocenters. The SMILES string of the molecule is Cc1ccc(C)c(-n2nnnc2SCC(=O)N[C@H](C)CCCC(C)C)c1. The van der Waals surface area contributed by atoms with E-state index in [4.69, 9.17) is 0 Å². The van der Waals surface area contributed by atoms with Gasteiger partial charge >= 0.3 is 0 Å². The molecule has 2 aromatic rings. The molecule has 0 fully saturated rings. The molecule has 1 amide bonds. The molecule has 0 unspecified atom stereocenters. The number of amides is 1. The lowest BCUT2D eigenvalue weighted by Gasteiger charge is -2.14. The number of rotatable bonds is 9. The molecule has 0 aliphatic rings. The lowest BCUT2D eigenvalue weighted by Crippen LogP contribution is -2.33. The maximum Gasteiger partial charge on any atom is 0.230 e. The lowest BCUT2D eigenvalue weighted by molar-refractivity contribution is -0.119. The fourth-order valence-corrected chi connectivity index (χ4v) is 3.41. The normalized spacial score (nSPS) is 12.4. The molecule has 0 saturated carbocycles. The number of carbonyl (C=O) groups is 1. The highest BCUT2D eigenvalue weighted by atomic mass is 32.2. The molecular weight excluding hydrogens is 346 g/mol. The van der Waals surface area contributed by atoms with E-state index in [1.54, 1.807) is 4.68 Å². The van der Waals surface area contributed by atoms with Crippen molar-refractivity contribution in [2.75, 3.05) is 5.75 Å². The van der Waals surface area contributed by atoms with Crippen molar-refractivity contribution in [3.8, 4) is 5.69 Å². The van der Waals surface area contributed by atoms with E-state index in [-0.39, 0.29) is 11.9 Å². The largest absolute Gasteiger partial charge is 0.353 e. The van der Waals surface area contributed by atoms with Gasteiger partial charge in [0.2, 0.25) is 11.1 Å². The Morgan fingerprint density at radius 3 is 2.73 bits per heavy atom. The van der Waals surface area contributed by atoms with E-state index in [2.05, 4.69) is 47.7 Å². The van der Waals surface area contributed by atoms with Gasteiger partial charge in [-0.05, 0) is 60.7 Å². The molecule has 2 rings (SSSR count). The van der Waals surface area contributed by atoms with Crippen LogP contribution in [0.15, 0.2) is 23.4 Å². The maximum atomic E-state index is 12.2. The summed E-state index contributed by atoms with van der Waals surface area (Å²) in [4.78, 5) is 12.2. The molecule has 0 spiro atoms. The summed E-state index contributed by atoms with van der Waals surface area (Å²) < 4.78 is 1.70. The van der Waals surface area contributed by atoms with Gasteiger partial charge in [-0.3, -0.25) is 4.79 Å². The predicted octanol–water partition coefficient (Wildman–Crippen LogP) is 3.70. The maximum absolute atomic E-state index is 12.2. The Labute approximate surface area is 160 Å². The number of hydrogen-bond acceptors (Lipinski definition) is 5. The molecule has 0 saturated heterocycles. The van der Waals surface area contributed by atoms with Gasteiger partial charge in [0.05, 0.1) is 11.4 Å². The van der Waals surface area contributed by atoms with Crippen LogP contribution in [0.4, 0.5) is 0 Å². The summed E-state index contributed by atoms with van der Waals surface area (Å²) in [5.74, 6) is 1.03. The zero-order valence-electron chi connectivity index (χ0n) is 16.3. The minimum atomic E-state index is 0.0163. The van der Waals surface area contributed by atoms with Gasteiger partial charge in [0.15, 0.2) is 0 Å². The van der Waals surface area contributed by atoms with E-state index in [1.807, 2.05) is 26.0 Å². The van der Waals surface area contributed by atoms with Crippen molar-refractivity contribution < 1.29 is 4.79 Å². The number of aromatic nitrogens is 4. The summed E-state index contributed by atoms with van der Waals surface area (Å²) in [6, 6.07) is 6.35. The van der Waals surface area contributed by atoms with E-state index in [0.717, 1.165) is 29.7 Å². The van der Waals surface area contributed by atoms with Crippen molar-refractivity contribution in [1.82, 2.24) is 25.5 Å². The second-order valence-electron chi connectivity index (χ2n) is 7.25. The van der Waals surface area contributed by atoms with Gasteiger partial charge in [-0.1, -0.05) is 50.6 Å². The summed E-state index contributed by atoms with van der Waals surface area (Å²) in [5, 5.41) is 15.6. The molecule has 142 valence electrons. The van der Waals surface area contributed by atoms with Gasteiger partial charge in [0, 0.05) is 6.04 Å². The van der Waals surface area contributed by atoms with Crippen molar-refractivity contribution >= 4 is 17.7 Å². The topological polar surface area (TPSA) is 72.7 Å². The molecule has 1 aromatic carbocycles. The second-order valence-corrected chi connectivity index (χ2v) is 8.19. The highest BCUT2D eigenvalue weighted by molar-refractivity contribution is 7.99. The molecule has 1 aromatic heterocycles. The van der Waals surface area contributed by atoms with Crippen LogP contribution in [0, 0.1) is 19.8 Å². The number of aryl methyl sites for hydroxylation is 2. The summed E-state index contributed by atoms with van der Waals surface area (Å²) >= 11 is 1.36. The average Bonchev–Trinajstić information content (AvgIpc) is 3.03. The van der Waals surface area contributed by atoms with Crippen molar-refractivity contribution in [1.29, 1.82) is 0 Å². The summed E-state index contributed by atoms with van der Waals surface area (Å²) in [7, 11) is 0. The van der Waals surface area contributed by atoms with E-state index < -0.39 is 0 Å². The Kier molecular flexibility index (Phi) is 7.63. The van der Waals surface area contributed by atoms with E-state index in [9.17, 15) is 4.79 Å². The standard InChI is InChI=1S/C19H29N5OS/c1-13(2)7-6-8-16(5)20-18(25)12-26-19-21-22-23-24(19)17-11-14(3)9-10-15(17)4/h9-11,13,16H,6-8,12H2,1-5H3,(H,20,25)/t16-/m1/s1. The monoisotopic (exact) mass is 375 g/mol. The van der Waals surface area contributed by atoms with Gasteiger partial charge in [-0.25, -0.2) is 0 Å². The number of carbonyl (C=O) groups excluding carboxylic acids is 1. The molecular formula is C19H29N5OS. The molecule has 0 aliphatic heterocycles. The van der Waals surface area contributed by atoms with Crippen LogP contribution in [0.5, 0.6) is 0 Å². The van der Waals surface area contributed by atoms with E-state index >= 15 is 0 Å². The fraction of sp³-hybridized carbons (Fsp3) is 0.579. The predicted molar refractivity (Wildman–Crippen MR) is 106 cm³/mol. The second kappa shape index (κ2) is 9.71. The van der Waals surface area contributed by atoms with Crippen LogP contribution in [0.25, 0.3) is 5.69 Å². The van der Waals surface area contributed by atoms with Crippen LogP contribution >= 0.6 is 11.8 Å². The number of nitrogens with zero attached hydrogens (tertiary/aromatic N) is 4. The zero-order valence-corrected chi connectivity index (χ0v) is 17.1. The van der Waals surface area contributed by atoms with Crippen LogP contribution < -0.4 is 5.32 Å². The van der Waals surface area contributed by atoms with Gasteiger partial charge in [0.25, 0.3) is 0 Å². The highest BCUT2D eigenvalue weighted by Gasteiger charge is 2.14. The number of tetrazole rings is 1. The minimum absolute atomic E-state index is 0.0163. The molecule has 0 radical (unpaired) electrons. The molecule has 26 heavy (non-hydrogen) atoms. The number of hydrogen-bond donors (Lipinski definition) is 1. The number of benzene rings is 1. The third-order valence-corrected chi connectivity index (χ3v) is 5.11. The van der Waals surface area contributed by atoms with Crippen LogP contribution in [0.3, 0.4) is 0 Å².